The van der Waals surface area contributed by atoms with Crippen molar-refractivity contribution in [1.29, 1.82) is 0 Å². The summed E-state index contributed by atoms with van der Waals surface area (Å²) >= 11 is 0. The van der Waals surface area contributed by atoms with E-state index in [9.17, 15) is 18.0 Å². The quantitative estimate of drug-likeness (QED) is 0.611. The SMILES string of the molecule is CCOC(=O)C#Cc1cnc(OC)c(C(F)(F)F)c1. The number of pyridine rings is 1. The molecule has 0 N–H and O–H groups in total. The van der Waals surface area contributed by atoms with Crippen LogP contribution in [0.15, 0.2) is 12.3 Å². The Morgan fingerprint density at radius 1 is 1.47 bits per heavy atom. The van der Waals surface area contributed by atoms with Crippen LogP contribution in [0.5, 0.6) is 5.88 Å². The van der Waals surface area contributed by atoms with E-state index in [1.165, 1.54) is 0 Å². The second kappa shape index (κ2) is 6.09. The van der Waals surface area contributed by atoms with Crippen molar-refractivity contribution < 1.29 is 27.4 Å². The first-order valence-electron chi connectivity index (χ1n) is 5.18. The number of esters is 1. The molecule has 7 heteroatoms. The van der Waals surface area contributed by atoms with Crippen molar-refractivity contribution in [3.8, 4) is 17.7 Å². The summed E-state index contributed by atoms with van der Waals surface area (Å²) in [5, 5.41) is 0. The average Bonchev–Trinajstić information content (AvgIpc) is 2.35. The van der Waals surface area contributed by atoms with E-state index in [4.69, 9.17) is 0 Å². The number of carbonyl (C=O) groups excluding carboxylic acids is 1. The van der Waals surface area contributed by atoms with Crippen LogP contribution in [0.25, 0.3) is 0 Å². The number of methoxy groups -OCH3 is 1. The lowest BCUT2D eigenvalue weighted by atomic mass is 10.2. The van der Waals surface area contributed by atoms with E-state index < -0.39 is 23.6 Å². The summed E-state index contributed by atoms with van der Waals surface area (Å²) in [6.07, 6.45) is -3.53. The third kappa shape index (κ3) is 4.17. The maximum absolute atomic E-state index is 12.7. The Labute approximate surface area is 107 Å². The van der Waals surface area contributed by atoms with Crippen LogP contribution in [0, 0.1) is 11.8 Å². The number of hydrogen-bond acceptors (Lipinski definition) is 4. The summed E-state index contributed by atoms with van der Waals surface area (Å²) in [5.74, 6) is 2.95. The molecule has 0 saturated carbocycles. The van der Waals surface area contributed by atoms with Gasteiger partial charge in [-0.1, -0.05) is 5.92 Å². The summed E-state index contributed by atoms with van der Waals surface area (Å²) in [4.78, 5) is 14.4. The van der Waals surface area contributed by atoms with Crippen molar-refractivity contribution >= 4 is 5.97 Å². The Morgan fingerprint density at radius 3 is 2.68 bits per heavy atom. The van der Waals surface area contributed by atoms with E-state index in [1.54, 1.807) is 6.92 Å². The number of rotatable bonds is 2. The van der Waals surface area contributed by atoms with Gasteiger partial charge in [0.1, 0.15) is 5.56 Å². The van der Waals surface area contributed by atoms with E-state index in [2.05, 4.69) is 26.3 Å². The van der Waals surface area contributed by atoms with Gasteiger partial charge in [-0.3, -0.25) is 0 Å². The highest BCUT2D eigenvalue weighted by Gasteiger charge is 2.35. The minimum atomic E-state index is -4.61. The zero-order valence-electron chi connectivity index (χ0n) is 10.2. The first-order valence-corrected chi connectivity index (χ1v) is 5.18. The molecular formula is C12H10F3NO3. The molecule has 1 aromatic heterocycles. The minimum Gasteiger partial charge on any atom is -0.481 e. The van der Waals surface area contributed by atoms with E-state index in [1.807, 2.05) is 0 Å². The van der Waals surface area contributed by atoms with Crippen LogP contribution in [-0.2, 0) is 15.7 Å². The van der Waals surface area contributed by atoms with E-state index in [-0.39, 0.29) is 12.2 Å². The number of hydrogen-bond donors (Lipinski definition) is 0. The van der Waals surface area contributed by atoms with E-state index >= 15 is 0 Å². The number of nitrogens with zero attached hydrogens (tertiary/aromatic N) is 1. The Balaban J connectivity index is 3.09. The molecule has 0 aliphatic rings. The van der Waals surface area contributed by atoms with Crippen molar-refractivity contribution in [2.45, 2.75) is 13.1 Å². The fourth-order valence-corrected chi connectivity index (χ4v) is 1.18. The topological polar surface area (TPSA) is 48.4 Å². The minimum absolute atomic E-state index is 0.0545. The molecular weight excluding hydrogens is 263 g/mol. The summed E-state index contributed by atoms with van der Waals surface area (Å²) in [6, 6.07) is 0.762. The zero-order chi connectivity index (χ0) is 14.5. The van der Waals surface area contributed by atoms with Crippen LogP contribution in [-0.4, -0.2) is 24.7 Å². The van der Waals surface area contributed by atoms with Crippen LogP contribution >= 0.6 is 0 Å². The molecule has 0 atom stereocenters. The first-order chi connectivity index (χ1) is 8.88. The van der Waals surface area contributed by atoms with Crippen molar-refractivity contribution in [3.05, 3.63) is 23.4 Å². The number of halogens is 3. The Kier molecular flexibility index (Phi) is 4.75. The molecule has 1 aromatic rings. The second-order valence-corrected chi connectivity index (χ2v) is 3.25. The van der Waals surface area contributed by atoms with Gasteiger partial charge in [-0.2, -0.15) is 13.2 Å². The maximum atomic E-state index is 12.7. The molecule has 0 amide bonds. The van der Waals surface area contributed by atoms with Gasteiger partial charge in [0.25, 0.3) is 0 Å². The molecule has 0 bridgehead atoms. The standard InChI is InChI=1S/C12H10F3NO3/c1-3-19-10(17)5-4-8-6-9(12(13,14)15)11(18-2)16-7-8/h6-7H,3H2,1-2H3. The van der Waals surface area contributed by atoms with Crippen molar-refractivity contribution in [1.82, 2.24) is 4.98 Å². The molecule has 0 spiro atoms. The van der Waals surface area contributed by atoms with Crippen LogP contribution in [0.2, 0.25) is 0 Å². The van der Waals surface area contributed by atoms with Crippen molar-refractivity contribution in [3.63, 3.8) is 0 Å². The van der Waals surface area contributed by atoms with Gasteiger partial charge < -0.3 is 9.47 Å². The lowest BCUT2D eigenvalue weighted by molar-refractivity contribution is -0.139. The molecule has 0 fully saturated rings. The van der Waals surface area contributed by atoms with E-state index in [0.717, 1.165) is 19.4 Å². The maximum Gasteiger partial charge on any atom is 0.421 e. The van der Waals surface area contributed by atoms with Gasteiger partial charge in [-0.15, -0.1) is 0 Å². The molecule has 1 heterocycles. The summed E-state index contributed by atoms with van der Waals surface area (Å²) in [5.41, 5.74) is -1.10. The monoisotopic (exact) mass is 273 g/mol. The smallest absolute Gasteiger partial charge is 0.421 e. The van der Waals surface area contributed by atoms with Crippen molar-refractivity contribution in [2.75, 3.05) is 13.7 Å². The van der Waals surface area contributed by atoms with Gasteiger partial charge in [0.15, 0.2) is 0 Å². The first kappa shape index (κ1) is 14.8. The van der Waals surface area contributed by atoms with Crippen LogP contribution in [0.1, 0.15) is 18.1 Å². The molecule has 0 aliphatic carbocycles. The summed E-state index contributed by atoms with van der Waals surface area (Å²) in [6.45, 7) is 1.73. The largest absolute Gasteiger partial charge is 0.481 e. The van der Waals surface area contributed by atoms with Gasteiger partial charge >= 0.3 is 12.1 Å². The summed E-state index contributed by atoms with van der Waals surface area (Å²) in [7, 11) is 1.08. The fraction of sp³-hybridized carbons (Fsp3) is 0.333. The molecule has 102 valence electrons. The Hall–Kier alpha value is -2.23. The zero-order valence-corrected chi connectivity index (χ0v) is 10.2. The second-order valence-electron chi connectivity index (χ2n) is 3.25. The van der Waals surface area contributed by atoms with Crippen LogP contribution in [0.3, 0.4) is 0 Å². The third-order valence-corrected chi connectivity index (χ3v) is 1.93. The van der Waals surface area contributed by atoms with Crippen LogP contribution < -0.4 is 4.74 Å². The summed E-state index contributed by atoms with van der Waals surface area (Å²) < 4.78 is 47.1. The van der Waals surface area contributed by atoms with Gasteiger partial charge in [0.05, 0.1) is 13.7 Å². The fourth-order valence-electron chi connectivity index (χ4n) is 1.18. The molecule has 4 nitrogen and oxygen atoms in total. The Morgan fingerprint density at radius 2 is 2.16 bits per heavy atom. The van der Waals surface area contributed by atoms with E-state index in [0.29, 0.717) is 0 Å². The molecule has 0 aromatic carbocycles. The number of carbonyl (C=O) groups is 1. The lowest BCUT2D eigenvalue weighted by Crippen LogP contribution is -2.09. The molecule has 0 radical (unpaired) electrons. The molecule has 0 aliphatic heterocycles. The third-order valence-electron chi connectivity index (χ3n) is 1.93. The Bertz CT molecular complexity index is 529. The predicted molar refractivity (Wildman–Crippen MR) is 59.3 cm³/mol. The molecule has 0 saturated heterocycles. The number of alkyl halides is 3. The van der Waals surface area contributed by atoms with Gasteiger partial charge in [-0.05, 0) is 13.0 Å². The normalized spacial score (nSPS) is 10.4. The predicted octanol–water partition coefficient (Wildman–Crippen LogP) is 2.02. The highest BCUT2D eigenvalue weighted by atomic mass is 19.4. The molecule has 0 unspecified atom stereocenters. The average molecular weight is 273 g/mol. The number of ether oxygens (including phenoxy) is 2. The van der Waals surface area contributed by atoms with Gasteiger partial charge in [0, 0.05) is 17.7 Å². The molecule has 1 rings (SSSR count). The number of aromatic nitrogens is 1. The van der Waals surface area contributed by atoms with Crippen molar-refractivity contribution in [2.24, 2.45) is 0 Å². The van der Waals surface area contributed by atoms with Gasteiger partial charge in [-0.25, -0.2) is 9.78 Å². The highest BCUT2D eigenvalue weighted by molar-refractivity contribution is 5.89. The van der Waals surface area contributed by atoms with Gasteiger partial charge in [0.2, 0.25) is 5.88 Å². The molecule has 19 heavy (non-hydrogen) atoms. The lowest BCUT2D eigenvalue weighted by Gasteiger charge is -2.10. The highest BCUT2D eigenvalue weighted by Crippen LogP contribution is 2.35. The van der Waals surface area contributed by atoms with Crippen LogP contribution in [0.4, 0.5) is 13.2 Å².